The van der Waals surface area contributed by atoms with E-state index in [-0.39, 0.29) is 19.1 Å². The van der Waals surface area contributed by atoms with Gasteiger partial charge in [-0.15, -0.1) is 0 Å². The summed E-state index contributed by atoms with van der Waals surface area (Å²) in [4.78, 5) is 26.4. The number of nitrogens with zero attached hydrogens (tertiary/aromatic N) is 2. The lowest BCUT2D eigenvalue weighted by Gasteiger charge is -2.27. The SMILES string of the molecule is O=C(O)CCC1CCN(C(=O)N(CCO)C2CC2)C1. The van der Waals surface area contributed by atoms with E-state index in [1.54, 1.807) is 9.80 Å². The van der Waals surface area contributed by atoms with Crippen LogP contribution in [0.3, 0.4) is 0 Å². The topological polar surface area (TPSA) is 81.1 Å². The Labute approximate surface area is 113 Å². The summed E-state index contributed by atoms with van der Waals surface area (Å²) in [5.41, 5.74) is 0. The Morgan fingerprint density at radius 1 is 1.26 bits per heavy atom. The van der Waals surface area contributed by atoms with E-state index in [1.165, 1.54) is 0 Å². The number of aliphatic carboxylic acids is 1. The van der Waals surface area contributed by atoms with Crippen LogP contribution in [0, 0.1) is 5.92 Å². The highest BCUT2D eigenvalue weighted by atomic mass is 16.4. The zero-order valence-electron chi connectivity index (χ0n) is 11.1. The summed E-state index contributed by atoms with van der Waals surface area (Å²) < 4.78 is 0. The van der Waals surface area contributed by atoms with Crippen molar-refractivity contribution in [2.75, 3.05) is 26.2 Å². The lowest BCUT2D eigenvalue weighted by molar-refractivity contribution is -0.137. The van der Waals surface area contributed by atoms with Gasteiger partial charge in [0, 0.05) is 32.1 Å². The van der Waals surface area contributed by atoms with Gasteiger partial charge in [-0.3, -0.25) is 4.79 Å². The Morgan fingerprint density at radius 3 is 2.58 bits per heavy atom. The minimum Gasteiger partial charge on any atom is -0.481 e. The molecule has 2 fully saturated rings. The average molecular weight is 270 g/mol. The number of aliphatic hydroxyl groups excluding tert-OH is 1. The molecule has 2 N–H and O–H groups in total. The van der Waals surface area contributed by atoms with Gasteiger partial charge in [0.25, 0.3) is 0 Å². The van der Waals surface area contributed by atoms with E-state index in [1.807, 2.05) is 0 Å². The summed E-state index contributed by atoms with van der Waals surface area (Å²) in [5.74, 6) is -0.472. The number of carboxylic acids is 1. The molecule has 2 rings (SSSR count). The van der Waals surface area contributed by atoms with E-state index < -0.39 is 5.97 Å². The summed E-state index contributed by atoms with van der Waals surface area (Å²) in [6.45, 7) is 1.76. The third-order valence-electron chi connectivity index (χ3n) is 3.90. The van der Waals surface area contributed by atoms with Crippen molar-refractivity contribution in [3.05, 3.63) is 0 Å². The lowest BCUT2D eigenvalue weighted by Crippen LogP contribution is -2.44. The molecule has 6 nitrogen and oxygen atoms in total. The van der Waals surface area contributed by atoms with Crippen molar-refractivity contribution in [1.82, 2.24) is 9.80 Å². The summed E-state index contributed by atoms with van der Waals surface area (Å²) in [6.07, 6.45) is 3.76. The molecule has 1 saturated heterocycles. The fourth-order valence-corrected chi connectivity index (χ4v) is 2.68. The highest BCUT2D eigenvalue weighted by molar-refractivity contribution is 5.75. The van der Waals surface area contributed by atoms with Gasteiger partial charge in [-0.1, -0.05) is 0 Å². The van der Waals surface area contributed by atoms with E-state index in [4.69, 9.17) is 10.2 Å². The first-order chi connectivity index (χ1) is 9.11. The first-order valence-electron chi connectivity index (χ1n) is 7.00. The fourth-order valence-electron chi connectivity index (χ4n) is 2.68. The van der Waals surface area contributed by atoms with Crippen LogP contribution < -0.4 is 0 Å². The van der Waals surface area contributed by atoms with Crippen molar-refractivity contribution in [3.63, 3.8) is 0 Å². The van der Waals surface area contributed by atoms with Gasteiger partial charge in [0.05, 0.1) is 6.61 Å². The second-order valence-electron chi connectivity index (χ2n) is 5.46. The Morgan fingerprint density at radius 2 is 2.00 bits per heavy atom. The van der Waals surface area contributed by atoms with Gasteiger partial charge in [-0.25, -0.2) is 4.79 Å². The maximum Gasteiger partial charge on any atom is 0.320 e. The van der Waals surface area contributed by atoms with Crippen LogP contribution in [-0.2, 0) is 4.79 Å². The number of carbonyl (C=O) groups is 2. The Hall–Kier alpha value is -1.30. The number of likely N-dealkylation sites (tertiary alicyclic amines) is 1. The van der Waals surface area contributed by atoms with Crippen LogP contribution in [0.4, 0.5) is 4.79 Å². The molecule has 19 heavy (non-hydrogen) atoms. The van der Waals surface area contributed by atoms with Gasteiger partial charge in [0.2, 0.25) is 0 Å². The fraction of sp³-hybridized carbons (Fsp3) is 0.846. The van der Waals surface area contributed by atoms with Crippen LogP contribution in [0.25, 0.3) is 0 Å². The van der Waals surface area contributed by atoms with Crippen molar-refractivity contribution >= 4 is 12.0 Å². The molecular weight excluding hydrogens is 248 g/mol. The molecule has 1 aliphatic heterocycles. The summed E-state index contributed by atoms with van der Waals surface area (Å²) in [6, 6.07) is 0.312. The molecule has 108 valence electrons. The van der Waals surface area contributed by atoms with Crippen LogP contribution >= 0.6 is 0 Å². The number of carboxylic acid groups (broad SMARTS) is 1. The van der Waals surface area contributed by atoms with Crippen LogP contribution in [0.2, 0.25) is 0 Å². The Balaban J connectivity index is 1.81. The molecule has 1 atom stereocenters. The van der Waals surface area contributed by atoms with Crippen molar-refractivity contribution in [1.29, 1.82) is 0 Å². The summed E-state index contributed by atoms with van der Waals surface area (Å²) in [7, 11) is 0. The minimum atomic E-state index is -0.773. The van der Waals surface area contributed by atoms with Gasteiger partial charge in [0.15, 0.2) is 0 Å². The molecule has 2 amide bonds. The predicted molar refractivity (Wildman–Crippen MR) is 68.8 cm³/mol. The van der Waals surface area contributed by atoms with Crippen LogP contribution in [0.15, 0.2) is 0 Å². The van der Waals surface area contributed by atoms with Crippen LogP contribution in [-0.4, -0.2) is 64.3 Å². The highest BCUT2D eigenvalue weighted by Gasteiger charge is 2.36. The molecule has 0 aromatic carbocycles. The number of rotatable bonds is 6. The molecule has 0 bridgehead atoms. The quantitative estimate of drug-likeness (QED) is 0.746. The number of hydrogen-bond acceptors (Lipinski definition) is 3. The highest BCUT2D eigenvalue weighted by Crippen LogP contribution is 2.29. The van der Waals surface area contributed by atoms with E-state index in [0.717, 1.165) is 19.3 Å². The molecule has 2 aliphatic rings. The third-order valence-corrected chi connectivity index (χ3v) is 3.90. The molecular formula is C13H22N2O4. The van der Waals surface area contributed by atoms with Crippen molar-refractivity contribution in [2.24, 2.45) is 5.92 Å². The van der Waals surface area contributed by atoms with E-state index in [9.17, 15) is 9.59 Å². The Kier molecular flexibility index (Phi) is 4.63. The standard InChI is InChI=1S/C13H22N2O4/c16-8-7-15(11-2-3-11)13(19)14-6-5-10(9-14)1-4-12(17)18/h10-11,16H,1-9H2,(H,17,18). The third kappa shape index (κ3) is 3.83. The van der Waals surface area contributed by atoms with Gasteiger partial charge in [-0.2, -0.15) is 0 Å². The lowest BCUT2D eigenvalue weighted by atomic mass is 10.0. The smallest absolute Gasteiger partial charge is 0.320 e. The molecule has 0 spiro atoms. The second kappa shape index (κ2) is 6.23. The summed E-state index contributed by atoms with van der Waals surface area (Å²) in [5, 5.41) is 17.7. The monoisotopic (exact) mass is 270 g/mol. The number of hydrogen-bond donors (Lipinski definition) is 2. The van der Waals surface area contributed by atoms with Crippen LogP contribution in [0.1, 0.15) is 32.1 Å². The van der Waals surface area contributed by atoms with E-state index in [2.05, 4.69) is 0 Å². The molecule has 1 heterocycles. The largest absolute Gasteiger partial charge is 0.481 e. The zero-order valence-corrected chi connectivity index (χ0v) is 11.1. The number of aliphatic hydroxyl groups is 1. The zero-order chi connectivity index (χ0) is 13.8. The number of amides is 2. The van der Waals surface area contributed by atoms with Crippen LogP contribution in [0.5, 0.6) is 0 Å². The summed E-state index contributed by atoms with van der Waals surface area (Å²) >= 11 is 0. The maximum atomic E-state index is 12.3. The van der Waals surface area contributed by atoms with E-state index >= 15 is 0 Å². The molecule has 1 unspecified atom stereocenters. The van der Waals surface area contributed by atoms with Gasteiger partial charge >= 0.3 is 12.0 Å². The van der Waals surface area contributed by atoms with Crippen molar-refractivity contribution in [3.8, 4) is 0 Å². The second-order valence-corrected chi connectivity index (χ2v) is 5.46. The Bertz CT molecular complexity index is 344. The molecule has 6 heteroatoms. The van der Waals surface area contributed by atoms with Crippen molar-refractivity contribution in [2.45, 2.75) is 38.1 Å². The van der Waals surface area contributed by atoms with Gasteiger partial charge < -0.3 is 20.0 Å². The van der Waals surface area contributed by atoms with Gasteiger partial charge in [0.1, 0.15) is 0 Å². The number of carbonyl (C=O) groups excluding carboxylic acids is 1. The van der Waals surface area contributed by atoms with E-state index in [0.29, 0.717) is 38.0 Å². The average Bonchev–Trinajstić information content (AvgIpc) is 3.10. The molecule has 0 radical (unpaired) electrons. The normalized spacial score (nSPS) is 22.6. The maximum absolute atomic E-state index is 12.3. The molecule has 0 aromatic rings. The molecule has 1 saturated carbocycles. The van der Waals surface area contributed by atoms with Gasteiger partial charge in [-0.05, 0) is 31.6 Å². The number of urea groups is 1. The molecule has 1 aliphatic carbocycles. The first-order valence-corrected chi connectivity index (χ1v) is 7.00. The molecule has 0 aromatic heterocycles. The minimum absolute atomic E-state index is 0.00147. The van der Waals surface area contributed by atoms with Crippen molar-refractivity contribution < 1.29 is 19.8 Å². The predicted octanol–water partition coefficient (Wildman–Crippen LogP) is 0.750. The first kappa shape index (κ1) is 14.1.